The molecule has 0 N–H and O–H groups in total. The Morgan fingerprint density at radius 2 is 1.11 bits per heavy atom. The second kappa shape index (κ2) is 11.4. The summed E-state index contributed by atoms with van der Waals surface area (Å²) in [6, 6.07) is 0. The van der Waals surface area contributed by atoms with Crippen LogP contribution in [0.15, 0.2) is 0 Å². The highest BCUT2D eigenvalue weighted by Gasteiger charge is 2.27. The molecule has 194 valence electrons. The van der Waals surface area contributed by atoms with Crippen LogP contribution in [0.5, 0.6) is 0 Å². The quantitative estimate of drug-likeness (QED) is 0.578. The van der Waals surface area contributed by atoms with E-state index in [2.05, 4.69) is 51.5 Å². The van der Waals surface area contributed by atoms with Gasteiger partial charge in [-0.15, -0.1) is 0 Å². The van der Waals surface area contributed by atoms with Gasteiger partial charge in [0.1, 0.15) is 11.6 Å². The van der Waals surface area contributed by atoms with Gasteiger partial charge in [-0.05, 0) is 23.8 Å². The van der Waals surface area contributed by atoms with E-state index in [9.17, 15) is 8.42 Å². The van der Waals surface area contributed by atoms with E-state index < -0.39 is 9.84 Å². The first-order valence-corrected chi connectivity index (χ1v) is 14.8. The van der Waals surface area contributed by atoms with Gasteiger partial charge in [-0.1, -0.05) is 55.4 Å². The molecular weight excluding hydrogens is 460 g/mol. The van der Waals surface area contributed by atoms with Crippen LogP contribution >= 0.6 is 0 Å². The van der Waals surface area contributed by atoms with Crippen LogP contribution in [0.1, 0.15) is 125 Å². The molecule has 0 radical (unpaired) electrons. The number of hydrogen-bond donors (Lipinski definition) is 0. The van der Waals surface area contributed by atoms with Crippen molar-refractivity contribution in [3.05, 3.63) is 45.6 Å². The molecule has 2 aromatic heterocycles. The van der Waals surface area contributed by atoms with E-state index in [0.29, 0.717) is 18.3 Å². The molecule has 4 heterocycles. The molecule has 0 saturated heterocycles. The zero-order chi connectivity index (χ0) is 25.9. The maximum atomic E-state index is 11.8. The predicted octanol–water partition coefficient (Wildman–Crippen LogP) is 5.03. The van der Waals surface area contributed by atoms with Crippen LogP contribution in [0.25, 0.3) is 0 Å². The third kappa shape index (κ3) is 6.85. The minimum atomic E-state index is -2.97. The van der Waals surface area contributed by atoms with E-state index in [1.165, 1.54) is 17.0 Å². The maximum absolute atomic E-state index is 11.8. The lowest BCUT2D eigenvalue weighted by atomic mass is 9.98. The van der Waals surface area contributed by atoms with Crippen LogP contribution in [0.4, 0.5) is 0 Å². The lowest BCUT2D eigenvalue weighted by Crippen LogP contribution is -2.24. The smallest absolute Gasteiger partial charge is 0.154 e. The average Bonchev–Trinajstić information content (AvgIpc) is 3.02. The molecule has 2 aliphatic heterocycles. The molecule has 7 nitrogen and oxygen atoms in total. The number of rotatable bonds is 4. The van der Waals surface area contributed by atoms with Crippen molar-refractivity contribution in [2.24, 2.45) is 0 Å². The lowest BCUT2D eigenvalue weighted by molar-refractivity contribution is 0.146. The molecule has 0 fully saturated rings. The SMILES string of the molecule is CC(C)c1nc2c(c(C(C)C)n1)CCOCC2.CC(C)c1nc2c(c(C(C)C)n1)CS(=O)(=O)CC2. The van der Waals surface area contributed by atoms with Gasteiger partial charge in [0.05, 0.1) is 36.1 Å². The molecule has 2 aliphatic rings. The Morgan fingerprint density at radius 1 is 0.629 bits per heavy atom. The predicted molar refractivity (Wildman–Crippen MR) is 140 cm³/mol. The van der Waals surface area contributed by atoms with Crippen molar-refractivity contribution >= 4 is 9.84 Å². The van der Waals surface area contributed by atoms with Gasteiger partial charge < -0.3 is 4.74 Å². The number of hydrogen-bond acceptors (Lipinski definition) is 7. The Labute approximate surface area is 211 Å². The van der Waals surface area contributed by atoms with Gasteiger partial charge in [0.25, 0.3) is 0 Å². The monoisotopic (exact) mass is 502 g/mol. The minimum Gasteiger partial charge on any atom is -0.381 e. The highest BCUT2D eigenvalue weighted by atomic mass is 32.2. The van der Waals surface area contributed by atoms with Crippen molar-refractivity contribution in [2.45, 2.75) is 104 Å². The molecule has 0 unspecified atom stereocenters. The molecule has 0 bridgehead atoms. The maximum Gasteiger partial charge on any atom is 0.154 e. The second-order valence-corrected chi connectivity index (χ2v) is 13.0. The van der Waals surface area contributed by atoms with E-state index in [4.69, 9.17) is 14.7 Å². The summed E-state index contributed by atoms with van der Waals surface area (Å²) < 4.78 is 29.0. The van der Waals surface area contributed by atoms with E-state index in [-0.39, 0.29) is 23.3 Å². The molecular formula is C27H42N4O3S. The fourth-order valence-corrected chi connectivity index (χ4v) is 5.85. The topological polar surface area (TPSA) is 94.9 Å². The fraction of sp³-hybridized carbons (Fsp3) is 0.704. The van der Waals surface area contributed by atoms with Crippen LogP contribution in [-0.4, -0.2) is 47.3 Å². The van der Waals surface area contributed by atoms with E-state index in [0.717, 1.165) is 54.7 Å². The van der Waals surface area contributed by atoms with E-state index in [1.54, 1.807) is 0 Å². The highest BCUT2D eigenvalue weighted by molar-refractivity contribution is 7.90. The van der Waals surface area contributed by atoms with Gasteiger partial charge in [-0.25, -0.2) is 28.4 Å². The molecule has 0 atom stereocenters. The number of aromatic nitrogens is 4. The molecule has 8 heteroatoms. The summed E-state index contributed by atoms with van der Waals surface area (Å²) >= 11 is 0. The number of aryl methyl sites for hydroxylation is 1. The average molecular weight is 503 g/mol. The van der Waals surface area contributed by atoms with Gasteiger partial charge in [0, 0.05) is 41.6 Å². The summed E-state index contributed by atoms with van der Waals surface area (Å²) in [5.41, 5.74) is 6.47. The molecule has 0 aliphatic carbocycles. The zero-order valence-electron chi connectivity index (χ0n) is 22.7. The van der Waals surface area contributed by atoms with Crippen molar-refractivity contribution < 1.29 is 13.2 Å². The number of ether oxygens (including phenoxy) is 1. The van der Waals surface area contributed by atoms with Crippen molar-refractivity contribution in [1.82, 2.24) is 19.9 Å². The van der Waals surface area contributed by atoms with Crippen LogP contribution in [-0.2, 0) is 39.6 Å². The van der Waals surface area contributed by atoms with Crippen LogP contribution in [0, 0.1) is 0 Å². The number of sulfone groups is 1. The summed E-state index contributed by atoms with van der Waals surface area (Å²) in [5.74, 6) is 3.48. The summed E-state index contributed by atoms with van der Waals surface area (Å²) in [6.45, 7) is 18.5. The fourth-order valence-electron chi connectivity index (χ4n) is 4.44. The Balaban J connectivity index is 0.000000196. The first kappa shape index (κ1) is 27.7. The first-order valence-electron chi connectivity index (χ1n) is 13.0. The summed E-state index contributed by atoms with van der Waals surface area (Å²) in [7, 11) is -2.97. The van der Waals surface area contributed by atoms with Crippen molar-refractivity contribution in [3.63, 3.8) is 0 Å². The summed E-state index contributed by atoms with van der Waals surface area (Å²) in [5, 5.41) is 0. The standard InChI is InChI=1S/C14H22N2O.C13H20N2O2S/c1-9(2)13-11-5-7-17-8-6-12(11)15-14(16-13)10(3)4;1-8(2)12-10-7-18(16,17)6-5-11(10)14-13(15-12)9(3)4/h9-10H,5-8H2,1-4H3;8-9H,5-7H2,1-4H3. The molecule has 2 aromatic rings. The summed E-state index contributed by atoms with van der Waals surface area (Å²) in [6.07, 6.45) is 2.41. The molecule has 35 heavy (non-hydrogen) atoms. The molecule has 0 amide bonds. The van der Waals surface area contributed by atoms with Gasteiger partial charge >= 0.3 is 0 Å². The third-order valence-corrected chi connectivity index (χ3v) is 7.96. The Hall–Kier alpha value is -1.93. The van der Waals surface area contributed by atoms with Crippen LogP contribution in [0.3, 0.4) is 0 Å². The zero-order valence-corrected chi connectivity index (χ0v) is 23.5. The Morgan fingerprint density at radius 3 is 1.63 bits per heavy atom. The largest absolute Gasteiger partial charge is 0.381 e. The van der Waals surface area contributed by atoms with Gasteiger partial charge in [-0.3, -0.25) is 0 Å². The van der Waals surface area contributed by atoms with E-state index in [1.807, 2.05) is 13.8 Å². The highest BCUT2D eigenvalue weighted by Crippen LogP contribution is 2.28. The lowest BCUT2D eigenvalue weighted by Gasteiger charge is -2.22. The van der Waals surface area contributed by atoms with Crippen LogP contribution in [0.2, 0.25) is 0 Å². The summed E-state index contributed by atoms with van der Waals surface area (Å²) in [4.78, 5) is 18.6. The molecule has 0 spiro atoms. The van der Waals surface area contributed by atoms with Gasteiger partial charge in [0.2, 0.25) is 0 Å². The third-order valence-electron chi connectivity index (χ3n) is 6.40. The molecule has 0 saturated carbocycles. The van der Waals surface area contributed by atoms with Gasteiger partial charge in [-0.2, -0.15) is 0 Å². The minimum absolute atomic E-state index is 0.105. The normalized spacial score (nSPS) is 17.1. The first-order chi connectivity index (χ1) is 16.4. The van der Waals surface area contributed by atoms with E-state index >= 15 is 0 Å². The molecule has 0 aromatic carbocycles. The van der Waals surface area contributed by atoms with Crippen molar-refractivity contribution in [3.8, 4) is 0 Å². The second-order valence-electron chi connectivity index (χ2n) is 10.9. The number of nitrogens with zero attached hydrogens (tertiary/aromatic N) is 4. The van der Waals surface area contributed by atoms with Crippen molar-refractivity contribution in [2.75, 3.05) is 19.0 Å². The molecule has 4 rings (SSSR count). The Bertz CT molecular complexity index is 1140. The van der Waals surface area contributed by atoms with Gasteiger partial charge in [0.15, 0.2) is 9.84 Å². The number of fused-ring (bicyclic) bond motifs is 2. The van der Waals surface area contributed by atoms with Crippen molar-refractivity contribution in [1.29, 1.82) is 0 Å². The van der Waals surface area contributed by atoms with Crippen LogP contribution < -0.4 is 0 Å². The Kier molecular flexibility index (Phi) is 9.02.